The molecule has 4 rings (SSSR count). The van der Waals surface area contributed by atoms with Gasteiger partial charge in [0, 0.05) is 23.7 Å². The second kappa shape index (κ2) is 6.72. The number of nitrogens with one attached hydrogen (secondary N) is 1. The lowest BCUT2D eigenvalue weighted by Crippen LogP contribution is -2.24. The molecule has 7 heteroatoms. The highest BCUT2D eigenvalue weighted by molar-refractivity contribution is 7.18. The Morgan fingerprint density at radius 3 is 2.92 bits per heavy atom. The van der Waals surface area contributed by atoms with E-state index in [1.54, 1.807) is 28.2 Å². The van der Waals surface area contributed by atoms with Crippen LogP contribution in [-0.2, 0) is 19.4 Å². The molecule has 136 valence electrons. The van der Waals surface area contributed by atoms with Crippen LogP contribution in [0.2, 0.25) is 0 Å². The van der Waals surface area contributed by atoms with E-state index in [1.807, 2.05) is 10.9 Å². The molecule has 0 saturated carbocycles. The molecule has 1 aliphatic carbocycles. The van der Waals surface area contributed by atoms with Crippen LogP contribution >= 0.6 is 11.3 Å². The lowest BCUT2D eigenvalue weighted by atomic mass is 9.97. The summed E-state index contributed by atoms with van der Waals surface area (Å²) in [5, 5.41) is 8.42. The third-order valence-corrected chi connectivity index (χ3v) is 5.96. The molecule has 0 bridgehead atoms. The monoisotopic (exact) mass is 369 g/mol. The normalized spacial score (nSPS) is 14.0. The van der Waals surface area contributed by atoms with Crippen LogP contribution in [0.25, 0.3) is 10.2 Å². The Morgan fingerprint density at radius 2 is 2.19 bits per heavy atom. The van der Waals surface area contributed by atoms with Crippen molar-refractivity contribution < 1.29 is 0 Å². The minimum atomic E-state index is 0.0213. The summed E-state index contributed by atoms with van der Waals surface area (Å²) >= 11 is 1.66. The molecule has 0 radical (unpaired) electrons. The van der Waals surface area contributed by atoms with Crippen LogP contribution < -0.4 is 10.9 Å². The fraction of sp³-hybridized carbons (Fsp3) is 0.421. The topological polar surface area (TPSA) is 64.7 Å². The Labute approximate surface area is 156 Å². The van der Waals surface area contributed by atoms with E-state index in [1.165, 1.54) is 16.9 Å². The minimum Gasteiger partial charge on any atom is -0.323 e. The SMILES string of the molecule is C=CCn1c(Nc2cnn(C(C)C)c2)nc2sc3c(c2c1=O)CCCC3. The Hall–Kier alpha value is -2.41. The minimum absolute atomic E-state index is 0.0213. The first-order valence-corrected chi connectivity index (χ1v) is 9.87. The van der Waals surface area contributed by atoms with Gasteiger partial charge in [0.05, 0.1) is 17.3 Å². The van der Waals surface area contributed by atoms with Crippen LogP contribution in [-0.4, -0.2) is 19.3 Å². The second-order valence-corrected chi connectivity index (χ2v) is 8.04. The zero-order valence-electron chi connectivity index (χ0n) is 15.2. The lowest BCUT2D eigenvalue weighted by Gasteiger charge is -2.13. The van der Waals surface area contributed by atoms with Gasteiger partial charge in [0.15, 0.2) is 0 Å². The number of nitrogens with zero attached hydrogens (tertiary/aromatic N) is 4. The Bertz CT molecular complexity index is 1030. The second-order valence-electron chi connectivity index (χ2n) is 6.96. The predicted molar refractivity (Wildman–Crippen MR) is 107 cm³/mol. The summed E-state index contributed by atoms with van der Waals surface area (Å²) in [4.78, 5) is 20.2. The highest BCUT2D eigenvalue weighted by Crippen LogP contribution is 2.34. The summed E-state index contributed by atoms with van der Waals surface area (Å²) in [6.07, 6.45) is 9.80. The predicted octanol–water partition coefficient (Wildman–Crippen LogP) is 4.04. The van der Waals surface area contributed by atoms with E-state index < -0.39 is 0 Å². The van der Waals surface area contributed by atoms with Gasteiger partial charge in [-0.1, -0.05) is 6.08 Å². The summed E-state index contributed by atoms with van der Waals surface area (Å²) in [5.74, 6) is 0.546. The average molecular weight is 369 g/mol. The molecule has 0 atom stereocenters. The third-order valence-electron chi connectivity index (χ3n) is 4.77. The van der Waals surface area contributed by atoms with Gasteiger partial charge in [0.1, 0.15) is 4.83 Å². The van der Waals surface area contributed by atoms with Crippen molar-refractivity contribution in [1.29, 1.82) is 0 Å². The molecule has 0 amide bonds. The number of thiophene rings is 1. The van der Waals surface area contributed by atoms with Crippen molar-refractivity contribution in [2.75, 3.05) is 5.32 Å². The summed E-state index contributed by atoms with van der Waals surface area (Å²) in [6, 6.07) is 0.278. The van der Waals surface area contributed by atoms with Gasteiger partial charge in [0.2, 0.25) is 5.95 Å². The molecule has 3 aromatic rings. The maximum Gasteiger partial charge on any atom is 0.264 e. The number of fused-ring (bicyclic) bond motifs is 3. The molecule has 0 saturated heterocycles. The van der Waals surface area contributed by atoms with Gasteiger partial charge in [0.25, 0.3) is 5.56 Å². The van der Waals surface area contributed by atoms with E-state index in [4.69, 9.17) is 4.98 Å². The van der Waals surface area contributed by atoms with Crippen LogP contribution in [0.4, 0.5) is 11.6 Å². The smallest absolute Gasteiger partial charge is 0.264 e. The van der Waals surface area contributed by atoms with Gasteiger partial charge >= 0.3 is 0 Å². The van der Waals surface area contributed by atoms with Gasteiger partial charge < -0.3 is 5.32 Å². The van der Waals surface area contributed by atoms with Gasteiger partial charge in [-0.3, -0.25) is 14.0 Å². The Balaban J connectivity index is 1.83. The lowest BCUT2D eigenvalue weighted by molar-refractivity contribution is 0.532. The number of allylic oxidation sites excluding steroid dienone is 1. The van der Waals surface area contributed by atoms with Crippen LogP contribution in [0, 0.1) is 0 Å². The first kappa shape index (κ1) is 17.0. The van der Waals surface area contributed by atoms with E-state index in [9.17, 15) is 4.79 Å². The van der Waals surface area contributed by atoms with Crippen LogP contribution in [0.1, 0.15) is 43.2 Å². The first-order valence-electron chi connectivity index (χ1n) is 9.05. The van der Waals surface area contributed by atoms with Crippen LogP contribution in [0.15, 0.2) is 29.8 Å². The molecule has 3 heterocycles. The number of hydrogen-bond acceptors (Lipinski definition) is 5. The number of hydrogen-bond donors (Lipinski definition) is 1. The fourth-order valence-electron chi connectivity index (χ4n) is 3.45. The molecule has 0 spiro atoms. The fourth-order valence-corrected chi connectivity index (χ4v) is 4.70. The van der Waals surface area contributed by atoms with Gasteiger partial charge in [-0.25, -0.2) is 4.98 Å². The Kier molecular flexibility index (Phi) is 4.40. The summed E-state index contributed by atoms with van der Waals surface area (Å²) in [6.45, 7) is 8.37. The average Bonchev–Trinajstić information content (AvgIpc) is 3.22. The maximum atomic E-state index is 13.2. The molecule has 0 aliphatic heterocycles. The van der Waals surface area contributed by atoms with Crippen molar-refractivity contribution in [2.45, 2.75) is 52.1 Å². The van der Waals surface area contributed by atoms with Gasteiger partial charge in [-0.2, -0.15) is 5.10 Å². The molecular weight excluding hydrogens is 346 g/mol. The van der Waals surface area contributed by atoms with Gasteiger partial charge in [-0.05, 0) is 45.1 Å². The van der Waals surface area contributed by atoms with E-state index in [0.29, 0.717) is 12.5 Å². The highest BCUT2D eigenvalue weighted by Gasteiger charge is 2.22. The van der Waals surface area contributed by atoms with E-state index in [-0.39, 0.29) is 11.6 Å². The number of rotatable bonds is 5. The van der Waals surface area contributed by atoms with Crippen LogP contribution in [0.3, 0.4) is 0 Å². The molecule has 1 N–H and O–H groups in total. The van der Waals surface area contributed by atoms with E-state index >= 15 is 0 Å². The summed E-state index contributed by atoms with van der Waals surface area (Å²) < 4.78 is 3.55. The van der Waals surface area contributed by atoms with Crippen LogP contribution in [0.5, 0.6) is 0 Å². The van der Waals surface area contributed by atoms with Crippen molar-refractivity contribution in [3.8, 4) is 0 Å². The molecule has 1 aliphatic rings. The van der Waals surface area contributed by atoms with Crippen molar-refractivity contribution in [2.24, 2.45) is 0 Å². The first-order chi connectivity index (χ1) is 12.6. The molecule has 3 aromatic heterocycles. The Morgan fingerprint density at radius 1 is 1.38 bits per heavy atom. The highest BCUT2D eigenvalue weighted by atomic mass is 32.1. The molecule has 0 unspecified atom stereocenters. The zero-order chi connectivity index (χ0) is 18.3. The van der Waals surface area contributed by atoms with Crippen molar-refractivity contribution in [3.05, 3.63) is 45.8 Å². The zero-order valence-corrected chi connectivity index (χ0v) is 16.0. The molecule has 6 nitrogen and oxygen atoms in total. The summed E-state index contributed by atoms with van der Waals surface area (Å²) in [5.41, 5.74) is 2.06. The van der Waals surface area contributed by atoms with Crippen molar-refractivity contribution in [3.63, 3.8) is 0 Å². The molecular formula is C19H23N5OS. The quantitative estimate of drug-likeness (QED) is 0.689. The number of anilines is 2. The third kappa shape index (κ3) is 2.86. The van der Waals surface area contributed by atoms with E-state index in [0.717, 1.165) is 35.2 Å². The maximum absolute atomic E-state index is 13.2. The molecule has 26 heavy (non-hydrogen) atoms. The molecule has 0 fully saturated rings. The van der Waals surface area contributed by atoms with Gasteiger partial charge in [-0.15, -0.1) is 17.9 Å². The molecule has 0 aromatic carbocycles. The standard InChI is InChI=1S/C19H23N5OS/c1-4-9-23-18(25)16-14-7-5-6-8-15(14)26-17(16)22-19(23)21-13-10-20-24(11-13)12(2)3/h4,10-12H,1,5-9H2,2-3H3,(H,21,22). The largest absolute Gasteiger partial charge is 0.323 e. The van der Waals surface area contributed by atoms with E-state index in [2.05, 4.69) is 30.8 Å². The van der Waals surface area contributed by atoms with Crippen molar-refractivity contribution >= 4 is 33.2 Å². The van der Waals surface area contributed by atoms with Crippen molar-refractivity contribution in [1.82, 2.24) is 19.3 Å². The summed E-state index contributed by atoms with van der Waals surface area (Å²) in [7, 11) is 0. The number of aryl methyl sites for hydroxylation is 2. The number of aromatic nitrogens is 4.